The van der Waals surface area contributed by atoms with E-state index in [1.54, 1.807) is 25.3 Å². The van der Waals surface area contributed by atoms with Crippen LogP contribution in [0.3, 0.4) is 0 Å². The number of halogens is 3. The topological polar surface area (TPSA) is 30.5 Å². The number of hydrogen-bond donors (Lipinski definition) is 1. The Morgan fingerprint density at radius 2 is 1.82 bits per heavy atom. The summed E-state index contributed by atoms with van der Waals surface area (Å²) in [5, 5.41) is 4.55. The molecule has 0 saturated carbocycles. The first-order valence-electron chi connectivity index (χ1n) is 8.71. The fraction of sp³-hybridized carbons (Fsp3) is 0.182. The molecular weight excluding hydrogens is 461 g/mol. The summed E-state index contributed by atoms with van der Waals surface area (Å²) in [5.41, 5.74) is 4.00. The molecule has 0 spiro atoms. The summed E-state index contributed by atoms with van der Waals surface area (Å²) < 4.78 is 12.6. The Kier molecular flexibility index (Phi) is 7.11. The van der Waals surface area contributed by atoms with Crippen molar-refractivity contribution in [3.63, 3.8) is 0 Å². The fourth-order valence-corrected chi connectivity index (χ4v) is 3.61. The molecule has 0 aliphatic carbocycles. The molecular formula is C22H20BrCl2NO2. The number of nitrogens with one attached hydrogen (secondary N) is 1. The molecule has 0 bridgehead atoms. The van der Waals surface area contributed by atoms with Crippen molar-refractivity contribution in [2.75, 3.05) is 12.4 Å². The van der Waals surface area contributed by atoms with Gasteiger partial charge in [-0.05, 0) is 48.4 Å². The van der Waals surface area contributed by atoms with E-state index in [9.17, 15) is 0 Å². The average Bonchev–Trinajstić information content (AvgIpc) is 2.69. The number of ether oxygens (including phenoxy) is 2. The standard InChI is InChI=1S/C22H20BrCl2NO2/c1-14-5-3-4-6-15(14)13-28-22-17(18(23)8-10-21(22)27-2)12-26-20-11-16(24)7-9-19(20)25/h3-11,26H,12-13H2,1-2H3. The summed E-state index contributed by atoms with van der Waals surface area (Å²) in [7, 11) is 1.63. The predicted molar refractivity (Wildman–Crippen MR) is 120 cm³/mol. The monoisotopic (exact) mass is 479 g/mol. The Labute approximate surface area is 183 Å². The van der Waals surface area contributed by atoms with Crippen LogP contribution in [-0.4, -0.2) is 7.11 Å². The highest BCUT2D eigenvalue weighted by molar-refractivity contribution is 9.10. The second kappa shape index (κ2) is 9.55. The van der Waals surface area contributed by atoms with E-state index in [1.807, 2.05) is 24.3 Å². The number of rotatable bonds is 7. The van der Waals surface area contributed by atoms with Gasteiger partial charge in [-0.1, -0.05) is 63.4 Å². The van der Waals surface area contributed by atoms with Crippen LogP contribution in [-0.2, 0) is 13.2 Å². The summed E-state index contributed by atoms with van der Waals surface area (Å²) in [4.78, 5) is 0. The first-order chi connectivity index (χ1) is 13.5. The van der Waals surface area contributed by atoms with Gasteiger partial charge in [-0.25, -0.2) is 0 Å². The van der Waals surface area contributed by atoms with Crippen LogP contribution in [0.4, 0.5) is 5.69 Å². The molecule has 6 heteroatoms. The van der Waals surface area contributed by atoms with Crippen molar-refractivity contribution in [2.45, 2.75) is 20.1 Å². The molecule has 0 aliphatic heterocycles. The van der Waals surface area contributed by atoms with E-state index in [0.717, 1.165) is 21.3 Å². The smallest absolute Gasteiger partial charge is 0.167 e. The Bertz CT molecular complexity index is 979. The number of benzene rings is 3. The average molecular weight is 481 g/mol. The zero-order valence-electron chi connectivity index (χ0n) is 15.6. The van der Waals surface area contributed by atoms with Crippen molar-refractivity contribution in [1.82, 2.24) is 0 Å². The minimum atomic E-state index is 0.449. The molecule has 28 heavy (non-hydrogen) atoms. The van der Waals surface area contributed by atoms with Crippen molar-refractivity contribution >= 4 is 44.8 Å². The molecule has 0 amide bonds. The SMILES string of the molecule is COc1ccc(Br)c(CNc2cc(Cl)ccc2Cl)c1OCc1ccccc1C. The lowest BCUT2D eigenvalue weighted by molar-refractivity contribution is 0.281. The molecule has 3 nitrogen and oxygen atoms in total. The molecule has 146 valence electrons. The minimum Gasteiger partial charge on any atom is -0.493 e. The molecule has 1 N–H and O–H groups in total. The zero-order chi connectivity index (χ0) is 20.1. The lowest BCUT2D eigenvalue weighted by atomic mass is 10.1. The molecule has 0 radical (unpaired) electrons. The zero-order valence-corrected chi connectivity index (χ0v) is 18.7. The van der Waals surface area contributed by atoms with Crippen LogP contribution in [0.15, 0.2) is 59.1 Å². The van der Waals surface area contributed by atoms with E-state index in [-0.39, 0.29) is 0 Å². The third-order valence-electron chi connectivity index (χ3n) is 4.40. The molecule has 3 rings (SSSR count). The Balaban J connectivity index is 1.87. The second-order valence-electron chi connectivity index (χ2n) is 6.25. The van der Waals surface area contributed by atoms with Gasteiger partial charge in [0, 0.05) is 21.6 Å². The molecule has 0 saturated heterocycles. The molecule has 3 aromatic rings. The number of aryl methyl sites for hydroxylation is 1. The summed E-state index contributed by atoms with van der Waals surface area (Å²) in [6, 6.07) is 17.3. The summed E-state index contributed by atoms with van der Waals surface area (Å²) in [6.07, 6.45) is 0. The molecule has 0 heterocycles. The molecule has 0 unspecified atom stereocenters. The molecule has 0 fully saturated rings. The maximum Gasteiger partial charge on any atom is 0.167 e. The minimum absolute atomic E-state index is 0.449. The highest BCUT2D eigenvalue weighted by atomic mass is 79.9. The Hall–Kier alpha value is -1.88. The van der Waals surface area contributed by atoms with Crippen molar-refractivity contribution in [3.05, 3.63) is 85.8 Å². The lowest BCUT2D eigenvalue weighted by Crippen LogP contribution is -2.07. The third-order valence-corrected chi connectivity index (χ3v) is 5.71. The normalized spacial score (nSPS) is 10.6. The van der Waals surface area contributed by atoms with Gasteiger partial charge in [0.1, 0.15) is 6.61 Å². The van der Waals surface area contributed by atoms with E-state index in [2.05, 4.69) is 40.3 Å². The van der Waals surface area contributed by atoms with Gasteiger partial charge >= 0.3 is 0 Å². The van der Waals surface area contributed by atoms with Crippen molar-refractivity contribution in [1.29, 1.82) is 0 Å². The molecule has 0 aliphatic rings. The highest BCUT2D eigenvalue weighted by Gasteiger charge is 2.16. The van der Waals surface area contributed by atoms with E-state index >= 15 is 0 Å². The number of methoxy groups -OCH3 is 1. The first-order valence-corrected chi connectivity index (χ1v) is 10.3. The van der Waals surface area contributed by atoms with Crippen molar-refractivity contribution in [3.8, 4) is 11.5 Å². The van der Waals surface area contributed by atoms with Gasteiger partial charge in [0.15, 0.2) is 11.5 Å². The quantitative estimate of drug-likeness (QED) is 0.385. The van der Waals surface area contributed by atoms with Gasteiger partial charge in [-0.3, -0.25) is 0 Å². The third kappa shape index (κ3) is 4.93. The Morgan fingerprint density at radius 1 is 1.04 bits per heavy atom. The molecule has 3 aromatic carbocycles. The van der Waals surface area contributed by atoms with Crippen LogP contribution in [0.2, 0.25) is 10.0 Å². The summed E-state index contributed by atoms with van der Waals surface area (Å²) >= 11 is 16.0. The van der Waals surface area contributed by atoms with Crippen LogP contribution in [0.1, 0.15) is 16.7 Å². The maximum absolute atomic E-state index is 6.27. The Morgan fingerprint density at radius 3 is 2.57 bits per heavy atom. The van der Waals surface area contributed by atoms with Crippen LogP contribution >= 0.6 is 39.1 Å². The fourth-order valence-electron chi connectivity index (χ4n) is 2.80. The van der Waals surface area contributed by atoms with Gasteiger partial charge in [-0.15, -0.1) is 0 Å². The largest absolute Gasteiger partial charge is 0.493 e. The first kappa shape index (κ1) is 20.8. The van der Waals surface area contributed by atoms with Crippen LogP contribution in [0.5, 0.6) is 11.5 Å². The summed E-state index contributed by atoms with van der Waals surface area (Å²) in [5.74, 6) is 1.36. The van der Waals surface area contributed by atoms with Crippen LogP contribution < -0.4 is 14.8 Å². The predicted octanol–water partition coefficient (Wildman–Crippen LogP) is 7.26. The molecule has 0 aromatic heterocycles. The maximum atomic E-state index is 6.27. The number of hydrogen-bond acceptors (Lipinski definition) is 3. The lowest BCUT2D eigenvalue weighted by Gasteiger charge is -2.18. The van der Waals surface area contributed by atoms with E-state index in [4.69, 9.17) is 32.7 Å². The second-order valence-corrected chi connectivity index (χ2v) is 7.95. The van der Waals surface area contributed by atoms with Gasteiger partial charge in [-0.2, -0.15) is 0 Å². The highest BCUT2D eigenvalue weighted by Crippen LogP contribution is 2.38. The van der Waals surface area contributed by atoms with Gasteiger partial charge in [0.2, 0.25) is 0 Å². The van der Waals surface area contributed by atoms with E-state index in [1.165, 1.54) is 5.56 Å². The van der Waals surface area contributed by atoms with E-state index < -0.39 is 0 Å². The van der Waals surface area contributed by atoms with Crippen molar-refractivity contribution in [2.24, 2.45) is 0 Å². The van der Waals surface area contributed by atoms with Gasteiger partial charge in [0.25, 0.3) is 0 Å². The van der Waals surface area contributed by atoms with Gasteiger partial charge in [0.05, 0.1) is 17.8 Å². The molecule has 0 atom stereocenters. The van der Waals surface area contributed by atoms with Crippen LogP contribution in [0, 0.1) is 6.92 Å². The summed E-state index contributed by atoms with van der Waals surface area (Å²) in [6.45, 7) is 3.01. The van der Waals surface area contributed by atoms with Gasteiger partial charge < -0.3 is 14.8 Å². The number of anilines is 1. The van der Waals surface area contributed by atoms with Crippen LogP contribution in [0.25, 0.3) is 0 Å². The van der Waals surface area contributed by atoms with E-state index in [0.29, 0.717) is 34.7 Å². The van der Waals surface area contributed by atoms with Crippen molar-refractivity contribution < 1.29 is 9.47 Å².